The van der Waals surface area contributed by atoms with E-state index in [2.05, 4.69) is 20.4 Å². The Kier molecular flexibility index (Phi) is 4.49. The van der Waals surface area contributed by atoms with Crippen molar-refractivity contribution in [1.82, 2.24) is 19.7 Å². The molecule has 1 aliphatic carbocycles. The van der Waals surface area contributed by atoms with Crippen molar-refractivity contribution in [2.24, 2.45) is 0 Å². The van der Waals surface area contributed by atoms with Gasteiger partial charge in [-0.15, -0.1) is 0 Å². The zero-order valence-electron chi connectivity index (χ0n) is 13.8. The standard InChI is InChI=1S/C16H21F2N5O/c1-10-6-11(2)23(22-10)15-20-13(9-24)7-14(21-15)19-12-4-3-5-16(17,18)8-12/h6-7,12,24H,3-5,8-9H2,1-2H3,(H,19,20,21). The number of nitrogens with one attached hydrogen (secondary N) is 1. The van der Waals surface area contributed by atoms with Crippen molar-refractivity contribution < 1.29 is 13.9 Å². The average Bonchev–Trinajstić information content (AvgIpc) is 2.84. The quantitative estimate of drug-likeness (QED) is 0.897. The molecule has 0 saturated heterocycles. The second-order valence-electron chi connectivity index (χ2n) is 6.34. The van der Waals surface area contributed by atoms with E-state index in [1.165, 1.54) is 0 Å². The molecule has 1 aliphatic rings. The van der Waals surface area contributed by atoms with Gasteiger partial charge in [0.05, 0.1) is 18.0 Å². The molecular formula is C16H21F2N5O. The summed E-state index contributed by atoms with van der Waals surface area (Å²) in [6.07, 6.45) is 0.880. The summed E-state index contributed by atoms with van der Waals surface area (Å²) in [5.74, 6) is -1.89. The molecule has 0 amide bonds. The first-order valence-electron chi connectivity index (χ1n) is 8.03. The summed E-state index contributed by atoms with van der Waals surface area (Å²) < 4.78 is 28.7. The van der Waals surface area contributed by atoms with Crippen LogP contribution in [0.25, 0.3) is 5.95 Å². The van der Waals surface area contributed by atoms with Crippen LogP contribution in [0.4, 0.5) is 14.6 Å². The minimum absolute atomic E-state index is 0.0617. The molecular weight excluding hydrogens is 316 g/mol. The summed E-state index contributed by atoms with van der Waals surface area (Å²) in [7, 11) is 0. The van der Waals surface area contributed by atoms with Crippen molar-refractivity contribution in [2.45, 2.75) is 58.1 Å². The zero-order chi connectivity index (χ0) is 17.3. The summed E-state index contributed by atoms with van der Waals surface area (Å²) in [6, 6.07) is 3.13. The molecule has 1 saturated carbocycles. The highest BCUT2D eigenvalue weighted by molar-refractivity contribution is 5.40. The molecule has 2 aromatic heterocycles. The van der Waals surface area contributed by atoms with Gasteiger partial charge in [-0.3, -0.25) is 0 Å². The molecule has 2 N–H and O–H groups in total. The van der Waals surface area contributed by atoms with Gasteiger partial charge in [-0.2, -0.15) is 10.1 Å². The second-order valence-corrected chi connectivity index (χ2v) is 6.34. The van der Waals surface area contributed by atoms with E-state index < -0.39 is 5.92 Å². The number of halogens is 2. The van der Waals surface area contributed by atoms with Crippen LogP contribution in [0.5, 0.6) is 0 Å². The van der Waals surface area contributed by atoms with Crippen LogP contribution in [0.15, 0.2) is 12.1 Å². The van der Waals surface area contributed by atoms with Gasteiger partial charge in [0.2, 0.25) is 5.92 Å². The first kappa shape index (κ1) is 16.8. The molecule has 8 heteroatoms. The highest BCUT2D eigenvalue weighted by atomic mass is 19.3. The highest BCUT2D eigenvalue weighted by Crippen LogP contribution is 2.34. The van der Waals surface area contributed by atoms with Crippen molar-refractivity contribution in [3.8, 4) is 5.95 Å². The number of hydrogen-bond donors (Lipinski definition) is 2. The maximum absolute atomic E-state index is 13.6. The number of aryl methyl sites for hydroxylation is 2. The monoisotopic (exact) mass is 337 g/mol. The predicted octanol–water partition coefficient (Wildman–Crippen LogP) is 2.76. The number of aliphatic hydroxyl groups excluding tert-OH is 1. The molecule has 1 fully saturated rings. The van der Waals surface area contributed by atoms with Crippen LogP contribution in [0.2, 0.25) is 0 Å². The van der Waals surface area contributed by atoms with Gasteiger partial charge in [-0.25, -0.2) is 18.4 Å². The fourth-order valence-corrected chi connectivity index (χ4v) is 3.07. The lowest BCUT2D eigenvalue weighted by Gasteiger charge is -2.29. The van der Waals surface area contributed by atoms with Gasteiger partial charge in [0.1, 0.15) is 5.82 Å². The third-order valence-corrected chi connectivity index (χ3v) is 4.12. The fraction of sp³-hybridized carbons (Fsp3) is 0.562. The van der Waals surface area contributed by atoms with E-state index in [0.29, 0.717) is 30.3 Å². The smallest absolute Gasteiger partial charge is 0.253 e. The number of aromatic nitrogens is 4. The molecule has 0 bridgehead atoms. The predicted molar refractivity (Wildman–Crippen MR) is 85.4 cm³/mol. The van der Waals surface area contributed by atoms with E-state index in [1.54, 1.807) is 10.7 Å². The minimum Gasteiger partial charge on any atom is -0.390 e. The first-order chi connectivity index (χ1) is 11.4. The van der Waals surface area contributed by atoms with E-state index in [9.17, 15) is 13.9 Å². The lowest BCUT2D eigenvalue weighted by atomic mass is 9.92. The summed E-state index contributed by atoms with van der Waals surface area (Å²) in [6.45, 7) is 3.48. The number of anilines is 1. The van der Waals surface area contributed by atoms with E-state index in [4.69, 9.17) is 0 Å². The Morgan fingerprint density at radius 2 is 2.12 bits per heavy atom. The Balaban J connectivity index is 1.88. The van der Waals surface area contributed by atoms with Gasteiger partial charge in [-0.05, 0) is 32.8 Å². The molecule has 1 atom stereocenters. The van der Waals surface area contributed by atoms with Crippen molar-refractivity contribution in [2.75, 3.05) is 5.32 Å². The van der Waals surface area contributed by atoms with Crippen LogP contribution in [0.1, 0.15) is 42.8 Å². The molecule has 24 heavy (non-hydrogen) atoms. The summed E-state index contributed by atoms with van der Waals surface area (Å²) in [5.41, 5.74) is 2.10. The number of alkyl halides is 2. The molecule has 0 aromatic carbocycles. The number of aliphatic hydroxyl groups is 1. The van der Waals surface area contributed by atoms with Crippen LogP contribution in [0.3, 0.4) is 0 Å². The Morgan fingerprint density at radius 1 is 1.33 bits per heavy atom. The Bertz CT molecular complexity index is 731. The van der Waals surface area contributed by atoms with Crippen LogP contribution in [0, 0.1) is 13.8 Å². The van der Waals surface area contributed by atoms with Crippen molar-refractivity contribution >= 4 is 5.82 Å². The lowest BCUT2D eigenvalue weighted by Crippen LogP contribution is -2.34. The van der Waals surface area contributed by atoms with Crippen molar-refractivity contribution in [3.05, 3.63) is 29.2 Å². The number of nitrogens with zero attached hydrogens (tertiary/aromatic N) is 4. The SMILES string of the molecule is Cc1cc(C)n(-c2nc(CO)cc(NC3CCCC(F)(F)C3)n2)n1. The van der Waals surface area contributed by atoms with E-state index >= 15 is 0 Å². The molecule has 6 nitrogen and oxygen atoms in total. The number of rotatable bonds is 4. The molecule has 3 rings (SSSR count). The lowest BCUT2D eigenvalue weighted by molar-refractivity contribution is -0.0373. The maximum atomic E-state index is 13.6. The van der Waals surface area contributed by atoms with Crippen LogP contribution in [-0.2, 0) is 6.61 Å². The summed E-state index contributed by atoms with van der Waals surface area (Å²) >= 11 is 0. The van der Waals surface area contributed by atoms with E-state index in [-0.39, 0.29) is 25.5 Å². The minimum atomic E-state index is -2.64. The van der Waals surface area contributed by atoms with Gasteiger partial charge in [0.25, 0.3) is 5.95 Å². The summed E-state index contributed by atoms with van der Waals surface area (Å²) in [5, 5.41) is 16.8. The summed E-state index contributed by atoms with van der Waals surface area (Å²) in [4.78, 5) is 8.66. The van der Waals surface area contributed by atoms with E-state index in [0.717, 1.165) is 11.4 Å². The molecule has 2 heterocycles. The topological polar surface area (TPSA) is 75.9 Å². The second kappa shape index (κ2) is 6.43. The van der Waals surface area contributed by atoms with E-state index in [1.807, 2.05) is 19.9 Å². The molecule has 0 aliphatic heterocycles. The van der Waals surface area contributed by atoms with Gasteiger partial charge in [-0.1, -0.05) is 0 Å². The molecule has 130 valence electrons. The van der Waals surface area contributed by atoms with Crippen molar-refractivity contribution in [3.63, 3.8) is 0 Å². The van der Waals surface area contributed by atoms with Gasteiger partial charge < -0.3 is 10.4 Å². The molecule has 0 spiro atoms. The Morgan fingerprint density at radius 3 is 2.75 bits per heavy atom. The van der Waals surface area contributed by atoms with Crippen LogP contribution < -0.4 is 5.32 Å². The third kappa shape index (κ3) is 3.69. The van der Waals surface area contributed by atoms with Gasteiger partial charge in [0, 0.05) is 30.6 Å². The third-order valence-electron chi connectivity index (χ3n) is 4.12. The maximum Gasteiger partial charge on any atom is 0.253 e. The Hall–Kier alpha value is -2.09. The van der Waals surface area contributed by atoms with Crippen molar-refractivity contribution in [1.29, 1.82) is 0 Å². The Labute approximate surface area is 138 Å². The first-order valence-corrected chi connectivity index (χ1v) is 8.03. The zero-order valence-corrected chi connectivity index (χ0v) is 13.8. The van der Waals surface area contributed by atoms with Gasteiger partial charge >= 0.3 is 0 Å². The van der Waals surface area contributed by atoms with Crippen LogP contribution >= 0.6 is 0 Å². The molecule has 0 radical (unpaired) electrons. The largest absolute Gasteiger partial charge is 0.390 e. The normalized spacial score (nSPS) is 20.1. The number of hydrogen-bond acceptors (Lipinski definition) is 5. The highest BCUT2D eigenvalue weighted by Gasteiger charge is 2.36. The van der Waals surface area contributed by atoms with Crippen LogP contribution in [-0.4, -0.2) is 36.8 Å². The molecule has 2 aromatic rings. The fourth-order valence-electron chi connectivity index (χ4n) is 3.07. The average molecular weight is 337 g/mol. The molecule has 1 unspecified atom stereocenters. The van der Waals surface area contributed by atoms with Gasteiger partial charge in [0.15, 0.2) is 0 Å².